The Bertz CT molecular complexity index is 436. The highest BCUT2D eigenvalue weighted by molar-refractivity contribution is 7.02. The van der Waals surface area contributed by atoms with Crippen LogP contribution in [0, 0.1) is 0 Å². The predicted molar refractivity (Wildman–Crippen MR) is 127 cm³/mol. The molecule has 0 unspecified atom stereocenters. The molecule has 0 saturated heterocycles. The lowest BCUT2D eigenvalue weighted by atomic mass is 10.5. The van der Waals surface area contributed by atoms with Gasteiger partial charge in [-0.05, 0) is 42.3 Å². The number of hydrogen-bond acceptors (Lipinski definition) is 3. The first-order chi connectivity index (χ1) is 13.1. The van der Waals surface area contributed by atoms with E-state index < -0.39 is 16.5 Å². The lowest BCUT2D eigenvalue weighted by Crippen LogP contribution is -2.68. The maximum atomic E-state index is 4.89. The monoisotopic (exact) mass is 407 g/mol. The van der Waals surface area contributed by atoms with Gasteiger partial charge in [0.2, 0.25) is 5.95 Å². The molecular formula is C22H45N3Si2. The van der Waals surface area contributed by atoms with Crippen LogP contribution < -0.4 is 4.23 Å². The summed E-state index contributed by atoms with van der Waals surface area (Å²) in [5.74, 6) is 1.08. The summed E-state index contributed by atoms with van der Waals surface area (Å²) < 4.78 is 3.03. The highest BCUT2D eigenvalue weighted by Gasteiger charge is 2.49. The minimum atomic E-state index is -1.64. The smallest absolute Gasteiger partial charge is 0.208 e. The Labute approximate surface area is 171 Å². The molecule has 0 aliphatic carbocycles. The van der Waals surface area contributed by atoms with Crippen LogP contribution in [0.5, 0.6) is 0 Å². The average Bonchev–Trinajstić information content (AvgIpc) is 2.64. The fourth-order valence-electron chi connectivity index (χ4n) is 5.55. The molecule has 1 heterocycles. The largest absolute Gasteiger partial charge is 0.393 e. The maximum absolute atomic E-state index is 4.89. The Morgan fingerprint density at radius 2 is 0.889 bits per heavy atom. The van der Waals surface area contributed by atoms with E-state index in [1.54, 1.807) is 0 Å². The Kier molecular flexibility index (Phi) is 11.5. The molecular weight excluding hydrogens is 362 g/mol. The van der Waals surface area contributed by atoms with E-state index in [0.29, 0.717) is 0 Å². The first-order valence-corrected chi connectivity index (χ1v) is 16.8. The van der Waals surface area contributed by atoms with E-state index in [9.17, 15) is 0 Å². The third-order valence-corrected chi connectivity index (χ3v) is 19.7. The summed E-state index contributed by atoms with van der Waals surface area (Å²) in [6, 6.07) is 10.4. The number of nitrogens with zero attached hydrogens (tertiary/aromatic N) is 3. The molecule has 0 fully saturated rings. The van der Waals surface area contributed by atoms with E-state index in [-0.39, 0.29) is 0 Å². The summed E-state index contributed by atoms with van der Waals surface area (Å²) in [4.78, 5) is 9.78. The average molecular weight is 408 g/mol. The van der Waals surface area contributed by atoms with E-state index in [2.05, 4.69) is 45.8 Å². The van der Waals surface area contributed by atoms with Crippen LogP contribution >= 0.6 is 0 Å². The fourth-order valence-corrected chi connectivity index (χ4v) is 21.1. The lowest BCUT2D eigenvalue weighted by molar-refractivity contribution is 0.864. The summed E-state index contributed by atoms with van der Waals surface area (Å²) in [5, 5.41) is 0. The van der Waals surface area contributed by atoms with Crippen LogP contribution in [0.15, 0.2) is 18.5 Å². The Morgan fingerprint density at radius 3 is 1.15 bits per heavy atom. The van der Waals surface area contributed by atoms with Crippen LogP contribution in [0.1, 0.15) is 80.1 Å². The normalized spacial score (nSPS) is 12.4. The molecule has 0 aromatic carbocycles. The van der Waals surface area contributed by atoms with Crippen molar-refractivity contribution in [2.75, 3.05) is 4.23 Å². The van der Waals surface area contributed by atoms with E-state index in [0.717, 1.165) is 5.95 Å². The molecule has 0 saturated carbocycles. The summed E-state index contributed by atoms with van der Waals surface area (Å²) in [6.07, 6.45) is 11.7. The van der Waals surface area contributed by atoms with Crippen LogP contribution in [0.25, 0.3) is 0 Å². The van der Waals surface area contributed by atoms with Gasteiger partial charge in [0.1, 0.15) is 0 Å². The summed E-state index contributed by atoms with van der Waals surface area (Å²) >= 11 is 0. The zero-order chi connectivity index (χ0) is 20.2. The van der Waals surface area contributed by atoms with E-state index in [1.807, 2.05) is 18.5 Å². The lowest BCUT2D eigenvalue weighted by Gasteiger charge is -2.54. The highest BCUT2D eigenvalue weighted by Crippen LogP contribution is 2.42. The van der Waals surface area contributed by atoms with Crippen molar-refractivity contribution in [2.24, 2.45) is 0 Å². The van der Waals surface area contributed by atoms with Crippen molar-refractivity contribution in [3.8, 4) is 0 Å². The van der Waals surface area contributed by atoms with Crippen molar-refractivity contribution in [2.45, 2.75) is 116 Å². The van der Waals surface area contributed by atoms with Gasteiger partial charge in [0.15, 0.2) is 16.5 Å². The molecule has 0 N–H and O–H groups in total. The van der Waals surface area contributed by atoms with E-state index in [1.165, 1.54) is 74.8 Å². The Morgan fingerprint density at radius 1 is 0.593 bits per heavy atom. The van der Waals surface area contributed by atoms with Gasteiger partial charge in [-0.1, -0.05) is 80.1 Å². The number of rotatable bonds is 15. The molecule has 156 valence electrons. The van der Waals surface area contributed by atoms with Crippen LogP contribution in [-0.4, -0.2) is 26.4 Å². The van der Waals surface area contributed by atoms with Crippen molar-refractivity contribution in [1.82, 2.24) is 9.97 Å². The topological polar surface area (TPSA) is 29.0 Å². The highest BCUT2D eigenvalue weighted by atomic mass is 28.4. The predicted octanol–water partition coefficient (Wildman–Crippen LogP) is 7.63. The molecule has 0 bridgehead atoms. The van der Waals surface area contributed by atoms with E-state index >= 15 is 0 Å². The fraction of sp³-hybridized carbons (Fsp3) is 0.818. The summed E-state index contributed by atoms with van der Waals surface area (Å²) in [6.45, 7) is 14.3. The second kappa shape index (κ2) is 12.7. The van der Waals surface area contributed by atoms with Gasteiger partial charge in [-0.25, -0.2) is 9.97 Å². The van der Waals surface area contributed by atoms with Crippen LogP contribution in [0.3, 0.4) is 0 Å². The number of aromatic nitrogens is 2. The SMILES string of the molecule is CCC[Si](CCC)(CCC)N(c1ncccn1)[Si](CCC)(CCC)CCC. The van der Waals surface area contributed by atoms with Crippen molar-refractivity contribution < 1.29 is 0 Å². The third-order valence-electron chi connectivity index (χ3n) is 5.99. The van der Waals surface area contributed by atoms with Crippen LogP contribution in [0.2, 0.25) is 36.3 Å². The molecule has 1 aromatic rings. The second-order valence-corrected chi connectivity index (χ2v) is 17.6. The quantitative estimate of drug-likeness (QED) is 0.280. The van der Waals surface area contributed by atoms with Gasteiger partial charge in [0.05, 0.1) is 0 Å². The standard InChI is InChI=1S/C22H45N3Si2/c1-7-16-26(17-8-2,18-9-3)25(22-23-14-13-15-24-22)27(19-10-4,20-11-5)21-12-6/h13-15H,7-12,16-21H2,1-6H3. The molecule has 0 radical (unpaired) electrons. The molecule has 27 heavy (non-hydrogen) atoms. The molecule has 0 spiro atoms. The number of hydrogen-bond donors (Lipinski definition) is 0. The molecule has 3 nitrogen and oxygen atoms in total. The van der Waals surface area contributed by atoms with Crippen LogP contribution in [0.4, 0.5) is 5.95 Å². The molecule has 1 rings (SSSR count). The zero-order valence-electron chi connectivity index (χ0n) is 19.1. The first-order valence-electron chi connectivity index (χ1n) is 11.7. The molecule has 0 amide bonds. The maximum Gasteiger partial charge on any atom is 0.208 e. The van der Waals surface area contributed by atoms with Gasteiger partial charge in [0.25, 0.3) is 0 Å². The van der Waals surface area contributed by atoms with Crippen molar-refractivity contribution in [1.29, 1.82) is 0 Å². The summed E-state index contributed by atoms with van der Waals surface area (Å²) in [7, 11) is -3.29. The van der Waals surface area contributed by atoms with Gasteiger partial charge in [-0.2, -0.15) is 0 Å². The molecule has 0 aliphatic rings. The van der Waals surface area contributed by atoms with Gasteiger partial charge >= 0.3 is 0 Å². The molecule has 1 aromatic heterocycles. The molecule has 0 atom stereocenters. The molecule has 0 aliphatic heterocycles. The number of anilines is 1. The van der Waals surface area contributed by atoms with Crippen molar-refractivity contribution >= 4 is 22.4 Å². The zero-order valence-corrected chi connectivity index (χ0v) is 21.1. The Hall–Kier alpha value is -0.686. The van der Waals surface area contributed by atoms with Gasteiger partial charge in [-0.3, -0.25) is 0 Å². The van der Waals surface area contributed by atoms with Gasteiger partial charge < -0.3 is 4.23 Å². The third kappa shape index (κ3) is 6.15. The minimum Gasteiger partial charge on any atom is -0.393 e. The Balaban J connectivity index is 3.68. The van der Waals surface area contributed by atoms with E-state index in [4.69, 9.17) is 9.97 Å². The second-order valence-electron chi connectivity index (χ2n) is 8.33. The van der Waals surface area contributed by atoms with Crippen molar-refractivity contribution in [3.05, 3.63) is 18.5 Å². The summed E-state index contributed by atoms with van der Waals surface area (Å²) in [5.41, 5.74) is 0. The van der Waals surface area contributed by atoms with Gasteiger partial charge in [0, 0.05) is 12.4 Å². The first kappa shape index (κ1) is 24.4. The van der Waals surface area contributed by atoms with Crippen LogP contribution in [-0.2, 0) is 0 Å². The van der Waals surface area contributed by atoms with Crippen molar-refractivity contribution in [3.63, 3.8) is 0 Å². The molecule has 5 heteroatoms. The van der Waals surface area contributed by atoms with Gasteiger partial charge in [-0.15, -0.1) is 0 Å². The minimum absolute atomic E-state index is 1.08.